The fourth-order valence-electron chi connectivity index (χ4n) is 1.94. The van der Waals surface area contributed by atoms with Crippen LogP contribution >= 0.6 is 11.8 Å². The van der Waals surface area contributed by atoms with Crippen LogP contribution in [0.3, 0.4) is 0 Å². The number of nitrogens with zero attached hydrogens (tertiary/aromatic N) is 4. The molecule has 0 bridgehead atoms. The molecule has 10 heteroatoms. The molecule has 1 fully saturated rings. The molecule has 20 heavy (non-hydrogen) atoms. The summed E-state index contributed by atoms with van der Waals surface area (Å²) in [4.78, 5) is 37.2. The number of carbonyl (C=O) groups excluding carboxylic acids is 1. The number of azide groups is 1. The Hall–Kier alpha value is -1.93. The molecule has 9 nitrogen and oxygen atoms in total. The van der Waals surface area contributed by atoms with Crippen LogP contribution in [-0.4, -0.2) is 63.6 Å². The topological polar surface area (TPSA) is 144 Å². The smallest absolute Gasteiger partial charge is 0.327 e. The first kappa shape index (κ1) is 16.1. The summed E-state index contributed by atoms with van der Waals surface area (Å²) in [5, 5.41) is 21.1. The molecular weight excluding hydrogens is 288 g/mol. The standard InChI is InChI=1S/C10H14N4O5S/c11-13-12-2-6-1-8(15)14(3-6)7(10(18)19)4-20-5-9(16)17/h6-7H,1-5H2,(H,16,17)(H,18,19)/t6?,7-/m0/s1. The van der Waals surface area contributed by atoms with Crippen LogP contribution in [-0.2, 0) is 14.4 Å². The van der Waals surface area contributed by atoms with Crippen molar-refractivity contribution >= 4 is 29.6 Å². The quantitative estimate of drug-likeness (QED) is 0.377. The van der Waals surface area contributed by atoms with Gasteiger partial charge >= 0.3 is 11.9 Å². The Kier molecular flexibility index (Phi) is 6.13. The summed E-state index contributed by atoms with van der Waals surface area (Å²) in [6.45, 7) is 0.357. The van der Waals surface area contributed by atoms with Crippen molar-refractivity contribution < 1.29 is 24.6 Å². The average Bonchev–Trinajstić information content (AvgIpc) is 2.72. The molecule has 1 saturated heterocycles. The highest BCUT2D eigenvalue weighted by Crippen LogP contribution is 2.22. The fraction of sp³-hybridized carbons (Fsp3) is 0.700. The Labute approximate surface area is 118 Å². The van der Waals surface area contributed by atoms with Crippen LogP contribution in [0.25, 0.3) is 10.4 Å². The lowest BCUT2D eigenvalue weighted by Gasteiger charge is -2.24. The van der Waals surface area contributed by atoms with Gasteiger partial charge in [0.1, 0.15) is 6.04 Å². The van der Waals surface area contributed by atoms with E-state index >= 15 is 0 Å². The second-order valence-electron chi connectivity index (χ2n) is 4.29. The number of likely N-dealkylation sites (tertiary alicyclic amines) is 1. The van der Waals surface area contributed by atoms with E-state index in [0.717, 1.165) is 11.8 Å². The van der Waals surface area contributed by atoms with Gasteiger partial charge in [-0.1, -0.05) is 5.11 Å². The first-order valence-corrected chi connectivity index (χ1v) is 6.93. The van der Waals surface area contributed by atoms with Crippen molar-refractivity contribution in [2.45, 2.75) is 12.5 Å². The Morgan fingerprint density at radius 3 is 2.80 bits per heavy atom. The first-order valence-electron chi connectivity index (χ1n) is 5.78. The van der Waals surface area contributed by atoms with E-state index in [1.165, 1.54) is 4.90 Å². The maximum Gasteiger partial charge on any atom is 0.327 e. The van der Waals surface area contributed by atoms with Crippen molar-refractivity contribution in [1.29, 1.82) is 0 Å². The van der Waals surface area contributed by atoms with Gasteiger partial charge in [0.15, 0.2) is 0 Å². The lowest BCUT2D eigenvalue weighted by atomic mass is 10.1. The zero-order chi connectivity index (χ0) is 15.1. The third-order valence-electron chi connectivity index (χ3n) is 2.80. The Morgan fingerprint density at radius 2 is 2.25 bits per heavy atom. The van der Waals surface area contributed by atoms with E-state index in [2.05, 4.69) is 10.0 Å². The lowest BCUT2D eigenvalue weighted by Crippen LogP contribution is -2.44. The van der Waals surface area contributed by atoms with Gasteiger partial charge in [-0.25, -0.2) is 4.79 Å². The predicted octanol–water partition coefficient (Wildman–Crippen LogP) is 0.416. The van der Waals surface area contributed by atoms with Crippen LogP contribution in [0, 0.1) is 5.92 Å². The van der Waals surface area contributed by atoms with E-state index in [0.29, 0.717) is 0 Å². The second-order valence-corrected chi connectivity index (χ2v) is 5.32. The number of hydrogen-bond acceptors (Lipinski definition) is 5. The van der Waals surface area contributed by atoms with Crippen molar-refractivity contribution in [2.24, 2.45) is 11.0 Å². The third kappa shape index (κ3) is 4.63. The summed E-state index contributed by atoms with van der Waals surface area (Å²) < 4.78 is 0. The number of aliphatic carboxylic acids is 2. The molecule has 1 amide bonds. The molecule has 0 spiro atoms. The van der Waals surface area contributed by atoms with Crippen LogP contribution < -0.4 is 0 Å². The van der Waals surface area contributed by atoms with Gasteiger partial charge in [-0.15, -0.1) is 11.8 Å². The van der Waals surface area contributed by atoms with E-state index in [1.807, 2.05) is 0 Å². The number of carbonyl (C=O) groups is 3. The minimum Gasteiger partial charge on any atom is -0.481 e. The van der Waals surface area contributed by atoms with Gasteiger partial charge in [0.25, 0.3) is 0 Å². The fourth-order valence-corrected chi connectivity index (χ4v) is 2.77. The number of rotatable bonds is 8. The van der Waals surface area contributed by atoms with Gasteiger partial charge in [-0.05, 0) is 11.4 Å². The molecule has 0 aromatic rings. The summed E-state index contributed by atoms with van der Waals surface area (Å²) in [6, 6.07) is -1.05. The monoisotopic (exact) mass is 302 g/mol. The number of carboxylic acids is 2. The van der Waals surface area contributed by atoms with Crippen LogP contribution in [0.15, 0.2) is 5.11 Å². The van der Waals surface area contributed by atoms with Crippen LogP contribution in [0.1, 0.15) is 6.42 Å². The van der Waals surface area contributed by atoms with Crippen molar-refractivity contribution in [1.82, 2.24) is 4.90 Å². The molecule has 110 valence electrons. The van der Waals surface area contributed by atoms with Gasteiger partial charge in [-0.3, -0.25) is 9.59 Å². The molecule has 0 saturated carbocycles. The van der Waals surface area contributed by atoms with Crippen LogP contribution in [0.2, 0.25) is 0 Å². The molecule has 0 aromatic carbocycles. The molecule has 0 aliphatic carbocycles. The molecular formula is C10H14N4O5S. The van der Waals surface area contributed by atoms with Crippen molar-refractivity contribution in [2.75, 3.05) is 24.6 Å². The molecule has 1 rings (SSSR count). The van der Waals surface area contributed by atoms with E-state index in [4.69, 9.17) is 15.7 Å². The maximum absolute atomic E-state index is 11.8. The number of hydrogen-bond donors (Lipinski definition) is 2. The number of carboxylic acid groups (broad SMARTS) is 2. The first-order chi connectivity index (χ1) is 9.45. The summed E-state index contributed by atoms with van der Waals surface area (Å²) in [5.74, 6) is -2.90. The zero-order valence-electron chi connectivity index (χ0n) is 10.5. The molecule has 0 radical (unpaired) electrons. The summed E-state index contributed by atoms with van der Waals surface area (Å²) in [5.41, 5.74) is 8.23. The highest BCUT2D eigenvalue weighted by molar-refractivity contribution is 8.00. The molecule has 1 aliphatic rings. The van der Waals surface area contributed by atoms with Crippen molar-refractivity contribution in [3.63, 3.8) is 0 Å². The number of thioether (sulfide) groups is 1. The summed E-state index contributed by atoms with van der Waals surface area (Å²) >= 11 is 0.950. The molecule has 0 aromatic heterocycles. The van der Waals surface area contributed by atoms with Crippen LogP contribution in [0.4, 0.5) is 0 Å². The molecule has 2 atom stereocenters. The highest BCUT2D eigenvalue weighted by Gasteiger charge is 2.37. The van der Waals surface area contributed by atoms with Gasteiger partial charge in [-0.2, -0.15) is 0 Å². The largest absolute Gasteiger partial charge is 0.481 e. The Balaban J connectivity index is 2.62. The molecule has 1 heterocycles. The van der Waals surface area contributed by atoms with E-state index < -0.39 is 18.0 Å². The second kappa shape index (κ2) is 7.61. The SMILES string of the molecule is [N-]=[N+]=NCC1CC(=O)N([C@@H](CSCC(=O)O)C(=O)O)C1. The summed E-state index contributed by atoms with van der Waals surface area (Å²) in [7, 11) is 0. The van der Waals surface area contributed by atoms with Gasteiger partial charge in [0, 0.05) is 30.2 Å². The minimum absolute atomic E-state index is 0.0155. The van der Waals surface area contributed by atoms with Crippen molar-refractivity contribution in [3.05, 3.63) is 10.4 Å². The predicted molar refractivity (Wildman–Crippen MR) is 70.2 cm³/mol. The number of amides is 1. The minimum atomic E-state index is -1.17. The molecule has 1 unspecified atom stereocenters. The van der Waals surface area contributed by atoms with Gasteiger partial charge in [0.05, 0.1) is 5.75 Å². The third-order valence-corrected chi connectivity index (χ3v) is 3.81. The Bertz CT molecular complexity index is 451. The Morgan fingerprint density at radius 1 is 1.55 bits per heavy atom. The maximum atomic E-state index is 11.8. The van der Waals surface area contributed by atoms with E-state index in [9.17, 15) is 14.4 Å². The summed E-state index contributed by atoms with van der Waals surface area (Å²) in [6.07, 6.45) is 0.145. The zero-order valence-corrected chi connectivity index (χ0v) is 11.3. The van der Waals surface area contributed by atoms with Gasteiger partial charge in [0.2, 0.25) is 5.91 Å². The molecule has 2 N–H and O–H groups in total. The van der Waals surface area contributed by atoms with Crippen molar-refractivity contribution in [3.8, 4) is 0 Å². The highest BCUT2D eigenvalue weighted by atomic mass is 32.2. The molecule has 1 aliphatic heterocycles. The lowest BCUT2D eigenvalue weighted by molar-refractivity contribution is -0.147. The normalized spacial score (nSPS) is 19.5. The van der Waals surface area contributed by atoms with E-state index in [-0.39, 0.29) is 42.8 Å². The average molecular weight is 302 g/mol. The van der Waals surface area contributed by atoms with Crippen LogP contribution in [0.5, 0.6) is 0 Å². The van der Waals surface area contributed by atoms with Gasteiger partial charge < -0.3 is 15.1 Å². The van der Waals surface area contributed by atoms with E-state index in [1.54, 1.807) is 0 Å².